The lowest BCUT2D eigenvalue weighted by Gasteiger charge is -2.20. The van der Waals surface area contributed by atoms with Gasteiger partial charge in [0, 0.05) is 5.56 Å². The molecule has 0 aliphatic heterocycles. The van der Waals surface area contributed by atoms with Gasteiger partial charge in [-0.05, 0) is 52.0 Å². The third-order valence-corrected chi connectivity index (χ3v) is 2.89. The average molecular weight is 373 g/mol. The van der Waals surface area contributed by atoms with Crippen LogP contribution < -0.4 is 10.1 Å². The van der Waals surface area contributed by atoms with Crippen molar-refractivity contribution in [2.45, 2.75) is 45.7 Å². The minimum Gasteiger partial charge on any atom is -0.444 e. The van der Waals surface area contributed by atoms with Crippen LogP contribution in [-0.4, -0.2) is 28.2 Å². The molecule has 1 heterocycles. The Hall–Kier alpha value is -2.78. The number of ether oxygens (including phenoxy) is 2. The van der Waals surface area contributed by atoms with E-state index in [1.54, 1.807) is 27.7 Å². The van der Waals surface area contributed by atoms with Gasteiger partial charge in [-0.25, -0.2) is 4.79 Å². The van der Waals surface area contributed by atoms with Crippen LogP contribution in [0.25, 0.3) is 11.4 Å². The molecule has 1 N–H and O–H groups in total. The molecule has 1 aromatic carbocycles. The van der Waals surface area contributed by atoms with Crippen molar-refractivity contribution in [3.8, 4) is 17.1 Å². The predicted octanol–water partition coefficient (Wildman–Crippen LogP) is 4.22. The molecule has 0 aliphatic rings. The van der Waals surface area contributed by atoms with E-state index in [4.69, 9.17) is 9.26 Å². The Labute approximate surface area is 147 Å². The van der Waals surface area contributed by atoms with E-state index < -0.39 is 24.1 Å². The number of aromatic nitrogens is 2. The molecule has 0 unspecified atom stereocenters. The van der Waals surface area contributed by atoms with Crippen LogP contribution in [0.3, 0.4) is 0 Å². The molecule has 26 heavy (non-hydrogen) atoms. The maximum Gasteiger partial charge on any atom is 0.573 e. The van der Waals surface area contributed by atoms with E-state index in [0.29, 0.717) is 5.56 Å². The number of rotatable bonds is 4. The van der Waals surface area contributed by atoms with Gasteiger partial charge in [-0.2, -0.15) is 4.98 Å². The first kappa shape index (κ1) is 19.5. The van der Waals surface area contributed by atoms with Gasteiger partial charge >= 0.3 is 12.5 Å². The molecule has 1 aromatic heterocycles. The summed E-state index contributed by atoms with van der Waals surface area (Å²) in [7, 11) is 0. The molecule has 142 valence electrons. The van der Waals surface area contributed by atoms with Crippen LogP contribution in [0.2, 0.25) is 0 Å². The fourth-order valence-electron chi connectivity index (χ4n) is 1.88. The normalized spacial score (nSPS) is 13.2. The monoisotopic (exact) mass is 373 g/mol. The van der Waals surface area contributed by atoms with E-state index in [0.717, 1.165) is 12.1 Å². The van der Waals surface area contributed by atoms with Gasteiger partial charge in [0.25, 0.3) is 0 Å². The largest absolute Gasteiger partial charge is 0.573 e. The Morgan fingerprint density at radius 1 is 1.19 bits per heavy atom. The number of alkyl carbamates (subject to hydrolysis) is 1. The molecule has 0 bridgehead atoms. The summed E-state index contributed by atoms with van der Waals surface area (Å²) in [6, 6.07) is 4.39. The number of nitrogens with zero attached hydrogens (tertiary/aromatic N) is 2. The van der Waals surface area contributed by atoms with Crippen molar-refractivity contribution >= 4 is 6.09 Å². The predicted molar refractivity (Wildman–Crippen MR) is 84.2 cm³/mol. The minimum absolute atomic E-state index is 0.126. The second kappa shape index (κ2) is 7.22. The molecule has 0 saturated carbocycles. The lowest BCUT2D eigenvalue weighted by atomic mass is 10.2. The van der Waals surface area contributed by atoms with Gasteiger partial charge in [-0.15, -0.1) is 13.2 Å². The molecule has 2 aromatic rings. The van der Waals surface area contributed by atoms with E-state index in [-0.39, 0.29) is 17.5 Å². The van der Waals surface area contributed by atoms with Gasteiger partial charge in [0.05, 0.1) is 0 Å². The van der Waals surface area contributed by atoms with Gasteiger partial charge in [0.2, 0.25) is 11.7 Å². The fraction of sp³-hybridized carbons (Fsp3) is 0.438. The highest BCUT2D eigenvalue weighted by atomic mass is 19.4. The average Bonchev–Trinajstić information content (AvgIpc) is 2.94. The van der Waals surface area contributed by atoms with Crippen LogP contribution in [-0.2, 0) is 4.74 Å². The van der Waals surface area contributed by atoms with Crippen molar-refractivity contribution in [3.63, 3.8) is 0 Å². The first-order chi connectivity index (χ1) is 11.9. The molecular formula is C16H18F3N3O4. The Morgan fingerprint density at radius 3 is 2.35 bits per heavy atom. The first-order valence-corrected chi connectivity index (χ1v) is 7.62. The molecule has 0 saturated heterocycles. The van der Waals surface area contributed by atoms with Gasteiger partial charge in [0.15, 0.2) is 0 Å². The number of hydrogen-bond donors (Lipinski definition) is 1. The zero-order valence-electron chi connectivity index (χ0n) is 14.5. The molecule has 1 atom stereocenters. The van der Waals surface area contributed by atoms with Crippen molar-refractivity contribution in [2.24, 2.45) is 0 Å². The first-order valence-electron chi connectivity index (χ1n) is 7.62. The topological polar surface area (TPSA) is 86.5 Å². The van der Waals surface area contributed by atoms with Gasteiger partial charge in [0.1, 0.15) is 17.4 Å². The van der Waals surface area contributed by atoms with E-state index in [9.17, 15) is 18.0 Å². The summed E-state index contributed by atoms with van der Waals surface area (Å²) in [4.78, 5) is 15.9. The molecule has 0 aliphatic carbocycles. The standard InChI is InChI=1S/C16H18F3N3O4/c1-9(20-14(23)25-15(2,3)4)13-21-12(22-26-13)10-5-7-11(8-6-10)24-16(17,18)19/h5-9H,1-4H3,(H,20,23)/t9-/m0/s1. The number of hydrogen-bond acceptors (Lipinski definition) is 6. The number of carbonyl (C=O) groups is 1. The summed E-state index contributed by atoms with van der Waals surface area (Å²) < 4.78 is 50.5. The number of carbonyl (C=O) groups excluding carboxylic acids is 1. The van der Waals surface area contributed by atoms with Gasteiger partial charge < -0.3 is 19.3 Å². The Morgan fingerprint density at radius 2 is 1.81 bits per heavy atom. The van der Waals surface area contributed by atoms with Crippen LogP contribution in [0.15, 0.2) is 28.8 Å². The smallest absolute Gasteiger partial charge is 0.444 e. The summed E-state index contributed by atoms with van der Waals surface area (Å²) in [5.74, 6) is -0.0668. The number of amides is 1. The lowest BCUT2D eigenvalue weighted by molar-refractivity contribution is -0.274. The molecule has 10 heteroatoms. The number of halogens is 3. The van der Waals surface area contributed by atoms with E-state index in [1.165, 1.54) is 12.1 Å². The molecule has 0 spiro atoms. The molecular weight excluding hydrogens is 355 g/mol. The van der Waals surface area contributed by atoms with Crippen molar-refractivity contribution in [3.05, 3.63) is 30.2 Å². The zero-order valence-corrected chi connectivity index (χ0v) is 14.5. The summed E-state index contributed by atoms with van der Waals surface area (Å²) in [5.41, 5.74) is -0.219. The van der Waals surface area contributed by atoms with E-state index in [2.05, 4.69) is 20.2 Å². The van der Waals surface area contributed by atoms with Crippen LogP contribution in [0.5, 0.6) is 5.75 Å². The highest BCUT2D eigenvalue weighted by Gasteiger charge is 2.31. The third kappa shape index (κ3) is 5.94. The highest BCUT2D eigenvalue weighted by molar-refractivity contribution is 5.68. The lowest BCUT2D eigenvalue weighted by Crippen LogP contribution is -2.34. The number of nitrogens with one attached hydrogen (secondary N) is 1. The van der Waals surface area contributed by atoms with Crippen LogP contribution in [0.4, 0.5) is 18.0 Å². The van der Waals surface area contributed by atoms with Gasteiger partial charge in [-0.3, -0.25) is 0 Å². The zero-order chi connectivity index (χ0) is 19.5. The van der Waals surface area contributed by atoms with E-state index >= 15 is 0 Å². The van der Waals surface area contributed by atoms with E-state index in [1.807, 2.05) is 0 Å². The maximum atomic E-state index is 12.2. The number of benzene rings is 1. The summed E-state index contributed by atoms with van der Waals surface area (Å²) in [6.45, 7) is 6.82. The molecule has 0 radical (unpaired) electrons. The highest BCUT2D eigenvalue weighted by Crippen LogP contribution is 2.26. The second-order valence-corrected chi connectivity index (χ2v) is 6.40. The van der Waals surface area contributed by atoms with Crippen LogP contribution in [0.1, 0.15) is 39.6 Å². The van der Waals surface area contributed by atoms with Crippen LogP contribution in [0, 0.1) is 0 Å². The SMILES string of the molecule is C[C@H](NC(=O)OC(C)(C)C)c1nc(-c2ccc(OC(F)(F)F)cc2)no1. The summed E-state index contributed by atoms with van der Waals surface area (Å²) >= 11 is 0. The summed E-state index contributed by atoms with van der Waals surface area (Å²) in [5, 5.41) is 6.30. The van der Waals surface area contributed by atoms with Crippen molar-refractivity contribution in [1.29, 1.82) is 0 Å². The second-order valence-electron chi connectivity index (χ2n) is 6.40. The number of alkyl halides is 3. The van der Waals surface area contributed by atoms with Crippen LogP contribution >= 0.6 is 0 Å². The van der Waals surface area contributed by atoms with Crippen molar-refractivity contribution in [2.75, 3.05) is 0 Å². The fourth-order valence-corrected chi connectivity index (χ4v) is 1.88. The Balaban J connectivity index is 2.03. The van der Waals surface area contributed by atoms with Crippen molar-refractivity contribution in [1.82, 2.24) is 15.5 Å². The molecule has 2 rings (SSSR count). The van der Waals surface area contributed by atoms with Crippen molar-refractivity contribution < 1.29 is 32.0 Å². The third-order valence-electron chi connectivity index (χ3n) is 2.89. The molecule has 7 nitrogen and oxygen atoms in total. The Bertz CT molecular complexity index is 751. The quantitative estimate of drug-likeness (QED) is 0.863. The summed E-state index contributed by atoms with van der Waals surface area (Å²) in [6.07, 6.45) is -5.40. The molecule has 0 fully saturated rings. The molecule has 1 amide bonds. The maximum absolute atomic E-state index is 12.2. The van der Waals surface area contributed by atoms with Gasteiger partial charge in [-0.1, -0.05) is 5.16 Å². The minimum atomic E-state index is -4.76. The Kier molecular flexibility index (Phi) is 5.43.